The highest BCUT2D eigenvalue weighted by molar-refractivity contribution is 5.88. The van der Waals surface area contributed by atoms with E-state index in [-0.39, 0.29) is 11.7 Å². The predicted molar refractivity (Wildman–Crippen MR) is 139 cm³/mol. The minimum atomic E-state index is -1.84. The first kappa shape index (κ1) is 25.9. The Hall–Kier alpha value is -3.72. The number of nitrogens with one attached hydrogen (secondary N) is 1. The molecule has 9 heteroatoms. The first-order valence-electron chi connectivity index (χ1n) is 12.7. The fraction of sp³-hybridized carbons (Fsp3) is 0.310. The molecule has 0 aliphatic carbocycles. The monoisotopic (exact) mass is 524 g/mol. The van der Waals surface area contributed by atoms with Crippen molar-refractivity contribution < 1.29 is 22.4 Å². The van der Waals surface area contributed by atoms with E-state index in [1.807, 2.05) is 30.3 Å². The van der Waals surface area contributed by atoms with Gasteiger partial charge in [-0.1, -0.05) is 24.3 Å². The molecule has 38 heavy (non-hydrogen) atoms. The number of halogens is 4. The zero-order chi connectivity index (χ0) is 26.8. The molecule has 1 aromatic heterocycles. The average molecular weight is 525 g/mol. The molecule has 1 aliphatic heterocycles. The predicted octanol–water partition coefficient (Wildman–Crippen LogP) is 6.49. The first-order valence-corrected chi connectivity index (χ1v) is 12.7. The minimum absolute atomic E-state index is 0.0688. The van der Waals surface area contributed by atoms with Crippen LogP contribution in [0.3, 0.4) is 0 Å². The van der Waals surface area contributed by atoms with Crippen LogP contribution in [0, 0.1) is 23.3 Å². The quantitative estimate of drug-likeness (QED) is 0.171. The Bertz CT molecular complexity index is 1480. The Morgan fingerprint density at radius 3 is 2.47 bits per heavy atom. The van der Waals surface area contributed by atoms with Crippen LogP contribution in [-0.4, -0.2) is 40.0 Å². The topological polar surface area (TPSA) is 50.2 Å². The van der Waals surface area contributed by atoms with Crippen LogP contribution in [0.4, 0.5) is 23.2 Å². The van der Waals surface area contributed by atoms with Crippen molar-refractivity contribution in [2.24, 2.45) is 0 Å². The van der Waals surface area contributed by atoms with Crippen LogP contribution < -0.4 is 5.32 Å². The summed E-state index contributed by atoms with van der Waals surface area (Å²) in [5, 5.41) is 2.84. The van der Waals surface area contributed by atoms with Crippen LogP contribution in [0.1, 0.15) is 37.7 Å². The Kier molecular flexibility index (Phi) is 7.46. The van der Waals surface area contributed by atoms with Gasteiger partial charge in [-0.3, -0.25) is 4.79 Å². The molecular weight excluding hydrogens is 496 g/mol. The van der Waals surface area contributed by atoms with Crippen LogP contribution in [0.15, 0.2) is 54.6 Å². The number of rotatable bonds is 7. The van der Waals surface area contributed by atoms with Gasteiger partial charge in [0.25, 0.3) is 0 Å². The van der Waals surface area contributed by atoms with E-state index < -0.39 is 28.8 Å². The van der Waals surface area contributed by atoms with Crippen LogP contribution in [-0.2, 0) is 11.3 Å². The summed E-state index contributed by atoms with van der Waals surface area (Å²) in [5.74, 6) is -6.20. The number of likely N-dealkylation sites (tertiary alicyclic amines) is 1. The van der Waals surface area contributed by atoms with Crippen molar-refractivity contribution in [2.45, 2.75) is 38.6 Å². The molecule has 2 heterocycles. The van der Waals surface area contributed by atoms with Crippen molar-refractivity contribution in [1.82, 2.24) is 14.5 Å². The third-order valence-electron chi connectivity index (χ3n) is 7.12. The Morgan fingerprint density at radius 2 is 1.71 bits per heavy atom. The van der Waals surface area contributed by atoms with E-state index >= 15 is 0 Å². The van der Waals surface area contributed by atoms with Crippen LogP contribution in [0.5, 0.6) is 0 Å². The van der Waals surface area contributed by atoms with Gasteiger partial charge in [-0.05, 0) is 80.7 Å². The first-order chi connectivity index (χ1) is 18.3. The fourth-order valence-electron chi connectivity index (χ4n) is 5.26. The number of para-hydroxylation sites is 2. The standard InChI is InChI=1S/C29H28F4N4O/c1-18(38)34-21-7-4-6-20(16-21)19-10-14-36(15-11-19)12-5-13-37-25-9-3-2-8-24(25)35-29(37)22-17-23(30)27(32)28(33)26(22)31/h2-4,6-9,16-17,19H,5,10-15H2,1H3,(H,34,38). The Balaban J connectivity index is 1.27. The van der Waals surface area contributed by atoms with Crippen molar-refractivity contribution in [3.63, 3.8) is 0 Å². The number of anilines is 1. The molecule has 0 unspecified atom stereocenters. The normalized spacial score (nSPS) is 14.8. The van der Waals surface area contributed by atoms with E-state index in [4.69, 9.17) is 0 Å². The number of hydrogen-bond donors (Lipinski definition) is 1. The van der Waals surface area contributed by atoms with Gasteiger partial charge in [-0.15, -0.1) is 0 Å². The molecule has 0 radical (unpaired) electrons. The highest BCUT2D eigenvalue weighted by Gasteiger charge is 2.25. The van der Waals surface area contributed by atoms with Gasteiger partial charge < -0.3 is 14.8 Å². The number of carbonyl (C=O) groups excluding carboxylic acids is 1. The second-order valence-corrected chi connectivity index (χ2v) is 9.70. The molecule has 198 valence electrons. The average Bonchev–Trinajstić information content (AvgIpc) is 3.28. The van der Waals surface area contributed by atoms with E-state index in [0.29, 0.717) is 36.0 Å². The summed E-state index contributed by atoms with van der Waals surface area (Å²) in [6.07, 6.45) is 2.69. The molecule has 0 spiro atoms. The lowest BCUT2D eigenvalue weighted by Crippen LogP contribution is -2.34. The van der Waals surface area contributed by atoms with Gasteiger partial charge in [0, 0.05) is 19.2 Å². The Morgan fingerprint density at radius 1 is 0.947 bits per heavy atom. The maximum Gasteiger partial charge on any atom is 0.221 e. The number of benzene rings is 3. The maximum absolute atomic E-state index is 14.6. The summed E-state index contributed by atoms with van der Waals surface area (Å²) in [4.78, 5) is 18.2. The number of carbonyl (C=O) groups is 1. The lowest BCUT2D eigenvalue weighted by Gasteiger charge is -2.32. The van der Waals surface area contributed by atoms with Crippen molar-refractivity contribution in [3.05, 3.63) is 83.4 Å². The highest BCUT2D eigenvalue weighted by atomic mass is 19.2. The van der Waals surface area contributed by atoms with Gasteiger partial charge in [0.2, 0.25) is 5.91 Å². The summed E-state index contributed by atoms with van der Waals surface area (Å²) in [6.45, 7) is 4.56. The Labute approximate surface area is 218 Å². The number of hydrogen-bond acceptors (Lipinski definition) is 3. The number of aryl methyl sites for hydroxylation is 1. The third kappa shape index (κ3) is 5.29. The van der Waals surface area contributed by atoms with Crippen LogP contribution in [0.2, 0.25) is 0 Å². The molecule has 3 aromatic carbocycles. The lowest BCUT2D eigenvalue weighted by atomic mass is 9.89. The second kappa shape index (κ2) is 10.9. The lowest BCUT2D eigenvalue weighted by molar-refractivity contribution is -0.114. The zero-order valence-corrected chi connectivity index (χ0v) is 21.0. The molecule has 0 atom stereocenters. The van der Waals surface area contributed by atoms with Gasteiger partial charge >= 0.3 is 0 Å². The molecule has 1 amide bonds. The SMILES string of the molecule is CC(=O)Nc1cccc(C2CCN(CCCn3c(-c4cc(F)c(F)c(F)c4F)nc4ccccc43)CC2)c1. The number of amides is 1. The van der Waals surface area contributed by atoms with Crippen molar-refractivity contribution >= 4 is 22.6 Å². The summed E-state index contributed by atoms with van der Waals surface area (Å²) in [6, 6.07) is 15.8. The molecule has 1 N–H and O–H groups in total. The molecule has 4 aromatic rings. The maximum atomic E-state index is 14.6. The summed E-state index contributed by atoms with van der Waals surface area (Å²) >= 11 is 0. The van der Waals surface area contributed by atoms with Crippen molar-refractivity contribution in [3.8, 4) is 11.4 Å². The molecule has 0 bridgehead atoms. The van der Waals surface area contributed by atoms with Crippen molar-refractivity contribution in [1.29, 1.82) is 0 Å². The van der Waals surface area contributed by atoms with E-state index in [0.717, 1.165) is 38.2 Å². The minimum Gasteiger partial charge on any atom is -0.326 e. The molecular formula is C29H28F4N4O. The summed E-state index contributed by atoms with van der Waals surface area (Å²) in [7, 11) is 0. The molecule has 0 saturated carbocycles. The zero-order valence-electron chi connectivity index (χ0n) is 21.0. The summed E-state index contributed by atoms with van der Waals surface area (Å²) in [5.41, 5.74) is 2.89. The highest BCUT2D eigenvalue weighted by Crippen LogP contribution is 2.32. The van der Waals surface area contributed by atoms with Crippen LogP contribution in [0.25, 0.3) is 22.4 Å². The number of nitrogens with zero attached hydrogens (tertiary/aromatic N) is 3. The van der Waals surface area contributed by atoms with Gasteiger partial charge in [0.05, 0.1) is 16.6 Å². The largest absolute Gasteiger partial charge is 0.326 e. The number of piperidine rings is 1. The van der Waals surface area contributed by atoms with E-state index in [9.17, 15) is 22.4 Å². The van der Waals surface area contributed by atoms with Crippen LogP contribution >= 0.6 is 0 Å². The van der Waals surface area contributed by atoms with Gasteiger partial charge in [0.1, 0.15) is 5.82 Å². The van der Waals surface area contributed by atoms with Gasteiger partial charge in [-0.25, -0.2) is 22.5 Å². The second-order valence-electron chi connectivity index (χ2n) is 9.70. The molecule has 1 fully saturated rings. The number of aromatic nitrogens is 2. The van der Waals surface area contributed by atoms with E-state index in [1.54, 1.807) is 16.7 Å². The summed E-state index contributed by atoms with van der Waals surface area (Å²) < 4.78 is 57.9. The van der Waals surface area contributed by atoms with E-state index in [1.165, 1.54) is 12.5 Å². The molecule has 5 rings (SSSR count). The van der Waals surface area contributed by atoms with E-state index in [2.05, 4.69) is 21.3 Å². The van der Waals surface area contributed by atoms with Crippen molar-refractivity contribution in [2.75, 3.05) is 25.0 Å². The smallest absolute Gasteiger partial charge is 0.221 e. The molecule has 5 nitrogen and oxygen atoms in total. The fourth-order valence-corrected chi connectivity index (χ4v) is 5.26. The van der Waals surface area contributed by atoms with Gasteiger partial charge in [0.15, 0.2) is 23.3 Å². The van der Waals surface area contributed by atoms with Gasteiger partial charge in [-0.2, -0.15) is 0 Å². The number of imidazole rings is 1. The molecule has 1 saturated heterocycles. The molecule has 1 aliphatic rings. The third-order valence-corrected chi connectivity index (χ3v) is 7.12. The number of fused-ring (bicyclic) bond motifs is 1.